The van der Waals surface area contributed by atoms with E-state index in [1.54, 1.807) is 0 Å². The zero-order valence-electron chi connectivity index (χ0n) is 5.03. The summed E-state index contributed by atoms with van der Waals surface area (Å²) in [5.74, 6) is 2.23. The SMILES string of the molecule is CCCCl.SCCCl. The van der Waals surface area contributed by atoms with Crippen molar-refractivity contribution < 1.29 is 0 Å². The van der Waals surface area contributed by atoms with E-state index in [9.17, 15) is 0 Å². The molecule has 0 spiro atoms. The lowest BCUT2D eigenvalue weighted by molar-refractivity contribution is 1.10. The average Bonchev–Trinajstić information content (AvgIpc) is 1.88. The summed E-state index contributed by atoms with van der Waals surface area (Å²) in [5.41, 5.74) is 0. The zero-order chi connectivity index (χ0) is 6.83. The van der Waals surface area contributed by atoms with E-state index in [0.717, 1.165) is 18.1 Å². The molecule has 8 heavy (non-hydrogen) atoms. The van der Waals surface area contributed by atoms with Crippen LogP contribution >= 0.6 is 35.8 Å². The van der Waals surface area contributed by atoms with Crippen molar-refractivity contribution in [2.24, 2.45) is 0 Å². The third-order valence-electron chi connectivity index (χ3n) is 0.273. The van der Waals surface area contributed by atoms with E-state index in [1.165, 1.54) is 0 Å². The number of alkyl halides is 2. The van der Waals surface area contributed by atoms with Gasteiger partial charge in [0.05, 0.1) is 0 Å². The van der Waals surface area contributed by atoms with E-state index in [4.69, 9.17) is 23.2 Å². The van der Waals surface area contributed by atoms with Gasteiger partial charge in [-0.3, -0.25) is 0 Å². The number of rotatable bonds is 2. The lowest BCUT2D eigenvalue weighted by Gasteiger charge is -1.65. The number of hydrogen-bond donors (Lipinski definition) is 1. The molecule has 0 heterocycles. The minimum absolute atomic E-state index is 0.656. The summed E-state index contributed by atoms with van der Waals surface area (Å²) in [7, 11) is 0. The summed E-state index contributed by atoms with van der Waals surface area (Å²) in [4.78, 5) is 0. The average molecular weight is 175 g/mol. The molecule has 0 saturated carbocycles. The summed E-state index contributed by atoms with van der Waals surface area (Å²) >= 11 is 14.1. The summed E-state index contributed by atoms with van der Waals surface area (Å²) in [6, 6.07) is 0. The van der Waals surface area contributed by atoms with Crippen molar-refractivity contribution in [2.75, 3.05) is 17.5 Å². The van der Waals surface area contributed by atoms with Crippen molar-refractivity contribution >= 4 is 35.8 Å². The second-order valence-electron chi connectivity index (χ2n) is 1.10. The van der Waals surface area contributed by atoms with Crippen LogP contribution in [0.5, 0.6) is 0 Å². The fourth-order valence-electron chi connectivity index (χ4n) is 0. The van der Waals surface area contributed by atoms with Gasteiger partial charge >= 0.3 is 0 Å². The number of thiol groups is 1. The normalized spacial score (nSPS) is 7.50. The number of halogens is 2. The van der Waals surface area contributed by atoms with Crippen molar-refractivity contribution in [1.82, 2.24) is 0 Å². The first-order chi connectivity index (χ1) is 3.83. The number of hydrogen-bond acceptors (Lipinski definition) is 1. The van der Waals surface area contributed by atoms with Crippen LogP contribution in [0.4, 0.5) is 0 Å². The highest BCUT2D eigenvalue weighted by atomic mass is 35.5. The third-order valence-corrected chi connectivity index (χ3v) is 1.33. The Morgan fingerprint density at radius 3 is 1.50 bits per heavy atom. The molecule has 0 bridgehead atoms. The van der Waals surface area contributed by atoms with E-state index in [2.05, 4.69) is 12.6 Å². The maximum Gasteiger partial charge on any atom is 0.0311 e. The molecule has 3 heteroatoms. The summed E-state index contributed by atoms with van der Waals surface area (Å²) in [6.07, 6.45) is 1.08. The molecule has 0 aromatic rings. The summed E-state index contributed by atoms with van der Waals surface area (Å²) < 4.78 is 0. The van der Waals surface area contributed by atoms with Crippen molar-refractivity contribution in [2.45, 2.75) is 13.3 Å². The lowest BCUT2D eigenvalue weighted by Crippen LogP contribution is -1.64. The molecule has 0 rings (SSSR count). The van der Waals surface area contributed by atoms with Gasteiger partial charge in [0.1, 0.15) is 0 Å². The minimum atomic E-state index is 0.656. The van der Waals surface area contributed by atoms with Crippen LogP contribution in [0.25, 0.3) is 0 Å². The molecule has 0 atom stereocenters. The molecule has 0 fully saturated rings. The van der Waals surface area contributed by atoms with Gasteiger partial charge in [0, 0.05) is 17.5 Å². The van der Waals surface area contributed by atoms with Crippen molar-refractivity contribution in [1.29, 1.82) is 0 Å². The van der Waals surface area contributed by atoms with Gasteiger partial charge in [0.15, 0.2) is 0 Å². The van der Waals surface area contributed by atoms with Crippen LogP contribution in [0.3, 0.4) is 0 Å². The van der Waals surface area contributed by atoms with Gasteiger partial charge in [-0.2, -0.15) is 12.6 Å². The molecular formula is C5H12Cl2S. The van der Waals surface area contributed by atoms with Crippen molar-refractivity contribution in [3.63, 3.8) is 0 Å². The van der Waals surface area contributed by atoms with Crippen LogP contribution in [-0.4, -0.2) is 17.5 Å². The van der Waals surface area contributed by atoms with E-state index in [0.29, 0.717) is 5.88 Å². The van der Waals surface area contributed by atoms with Gasteiger partial charge in [-0.05, 0) is 6.42 Å². The third kappa shape index (κ3) is 28.4. The smallest absolute Gasteiger partial charge is 0.0311 e. The highest BCUT2D eigenvalue weighted by Crippen LogP contribution is 1.75. The molecule has 0 amide bonds. The fraction of sp³-hybridized carbons (Fsp3) is 1.00. The molecule has 0 saturated heterocycles. The van der Waals surface area contributed by atoms with Crippen LogP contribution in [0, 0.1) is 0 Å². The molecule has 0 aromatic carbocycles. The Balaban J connectivity index is 0. The molecule has 52 valence electrons. The Morgan fingerprint density at radius 2 is 1.50 bits per heavy atom. The minimum Gasteiger partial charge on any atom is -0.178 e. The molecule has 0 unspecified atom stereocenters. The quantitative estimate of drug-likeness (QED) is 0.484. The molecule has 0 radical (unpaired) electrons. The lowest BCUT2D eigenvalue weighted by atomic mass is 10.6. The van der Waals surface area contributed by atoms with Crippen LogP contribution in [0.15, 0.2) is 0 Å². The first-order valence-electron chi connectivity index (χ1n) is 2.56. The molecule has 0 nitrogen and oxygen atoms in total. The van der Waals surface area contributed by atoms with Gasteiger partial charge < -0.3 is 0 Å². The monoisotopic (exact) mass is 174 g/mol. The molecular weight excluding hydrogens is 163 g/mol. The molecule has 0 aliphatic rings. The van der Waals surface area contributed by atoms with Gasteiger partial charge in [0.25, 0.3) is 0 Å². The topological polar surface area (TPSA) is 0 Å². The molecule has 0 aliphatic carbocycles. The summed E-state index contributed by atoms with van der Waals surface area (Å²) in [6.45, 7) is 2.05. The molecule has 0 aliphatic heterocycles. The zero-order valence-corrected chi connectivity index (χ0v) is 7.44. The first-order valence-corrected chi connectivity index (χ1v) is 4.26. The maximum absolute atomic E-state index is 5.19. The second-order valence-corrected chi connectivity index (χ2v) is 2.30. The molecule has 0 aromatic heterocycles. The Hall–Kier alpha value is 0.930. The predicted molar refractivity (Wildman–Crippen MR) is 45.6 cm³/mol. The maximum atomic E-state index is 5.19. The van der Waals surface area contributed by atoms with E-state index in [1.807, 2.05) is 6.92 Å². The highest BCUT2D eigenvalue weighted by Gasteiger charge is 1.59. The Morgan fingerprint density at radius 1 is 1.25 bits per heavy atom. The van der Waals surface area contributed by atoms with E-state index < -0.39 is 0 Å². The Kier molecular flexibility index (Phi) is 22.9. The van der Waals surface area contributed by atoms with Gasteiger partial charge in [-0.15, -0.1) is 23.2 Å². The van der Waals surface area contributed by atoms with Gasteiger partial charge in [-0.25, -0.2) is 0 Å². The van der Waals surface area contributed by atoms with Crippen LogP contribution < -0.4 is 0 Å². The predicted octanol–water partition coefficient (Wildman–Crippen LogP) is 2.79. The molecule has 0 N–H and O–H groups in total. The Labute approximate surface area is 67.0 Å². The van der Waals surface area contributed by atoms with Crippen LogP contribution in [0.2, 0.25) is 0 Å². The second kappa shape index (κ2) is 15.7. The van der Waals surface area contributed by atoms with Gasteiger partial charge in [0.2, 0.25) is 0 Å². The first kappa shape index (κ1) is 11.7. The van der Waals surface area contributed by atoms with Crippen molar-refractivity contribution in [3.8, 4) is 0 Å². The highest BCUT2D eigenvalue weighted by molar-refractivity contribution is 7.80. The fourth-order valence-corrected chi connectivity index (χ4v) is 0. The van der Waals surface area contributed by atoms with E-state index >= 15 is 0 Å². The standard InChI is InChI=1S/C3H7Cl.C2H5ClS/c1-2-3-4;3-1-2-4/h2-3H2,1H3;4H,1-2H2. The van der Waals surface area contributed by atoms with Gasteiger partial charge in [-0.1, -0.05) is 6.92 Å². The van der Waals surface area contributed by atoms with Crippen LogP contribution in [0.1, 0.15) is 13.3 Å². The largest absolute Gasteiger partial charge is 0.178 e. The van der Waals surface area contributed by atoms with Crippen LogP contribution in [-0.2, 0) is 0 Å². The Bertz CT molecular complexity index is 18.4. The summed E-state index contributed by atoms with van der Waals surface area (Å²) in [5, 5.41) is 0. The van der Waals surface area contributed by atoms with E-state index in [-0.39, 0.29) is 0 Å². The van der Waals surface area contributed by atoms with Crippen molar-refractivity contribution in [3.05, 3.63) is 0 Å².